The molecule has 0 aliphatic rings. The maximum atomic E-state index is 11.9. The number of nitrogens with zero attached hydrogens (tertiary/aromatic N) is 3. The number of carboxylic acids is 1. The standard InChI is InChI=1S/C10H12ClN3O3/c1-10(2,9(16)17)14(3)8(15)6-4-12-5-7(11)13-6/h4-5H,1-3H3,(H,16,17). The molecule has 1 rings (SSSR count). The molecular weight excluding hydrogens is 246 g/mol. The van der Waals surface area contributed by atoms with Gasteiger partial charge in [0.2, 0.25) is 0 Å². The minimum Gasteiger partial charge on any atom is -0.480 e. The number of carbonyl (C=O) groups is 2. The molecule has 0 saturated carbocycles. The van der Waals surface area contributed by atoms with Gasteiger partial charge in [0.15, 0.2) is 0 Å². The van der Waals surface area contributed by atoms with Gasteiger partial charge in [-0.3, -0.25) is 9.78 Å². The van der Waals surface area contributed by atoms with E-state index in [9.17, 15) is 9.59 Å². The molecule has 0 spiro atoms. The van der Waals surface area contributed by atoms with Crippen molar-refractivity contribution in [2.45, 2.75) is 19.4 Å². The third-order valence-electron chi connectivity index (χ3n) is 2.49. The van der Waals surface area contributed by atoms with Gasteiger partial charge in [-0.1, -0.05) is 11.6 Å². The predicted octanol–water partition coefficient (Wildman–Crippen LogP) is 1.07. The molecule has 1 heterocycles. The number of halogens is 1. The van der Waals surface area contributed by atoms with Gasteiger partial charge in [0.25, 0.3) is 5.91 Å². The zero-order chi connectivity index (χ0) is 13.2. The Balaban J connectivity index is 3.02. The maximum absolute atomic E-state index is 11.9. The van der Waals surface area contributed by atoms with E-state index in [-0.39, 0.29) is 10.8 Å². The summed E-state index contributed by atoms with van der Waals surface area (Å²) in [5, 5.41) is 9.09. The summed E-state index contributed by atoms with van der Waals surface area (Å²) in [4.78, 5) is 31.5. The summed E-state index contributed by atoms with van der Waals surface area (Å²) >= 11 is 5.61. The Kier molecular flexibility index (Phi) is 3.67. The Bertz CT molecular complexity index is 462. The fourth-order valence-corrected chi connectivity index (χ4v) is 1.16. The van der Waals surface area contributed by atoms with Crippen molar-refractivity contribution in [2.24, 2.45) is 0 Å². The Morgan fingerprint density at radius 3 is 2.47 bits per heavy atom. The van der Waals surface area contributed by atoms with Crippen molar-refractivity contribution in [1.82, 2.24) is 14.9 Å². The minimum atomic E-state index is -1.33. The SMILES string of the molecule is CN(C(=O)c1cncc(Cl)n1)C(C)(C)C(=O)O. The summed E-state index contributed by atoms with van der Waals surface area (Å²) < 4.78 is 0. The molecule has 1 amide bonds. The van der Waals surface area contributed by atoms with E-state index in [4.69, 9.17) is 16.7 Å². The van der Waals surface area contributed by atoms with Gasteiger partial charge in [-0.2, -0.15) is 0 Å². The largest absolute Gasteiger partial charge is 0.480 e. The van der Waals surface area contributed by atoms with Crippen LogP contribution in [0.5, 0.6) is 0 Å². The lowest BCUT2D eigenvalue weighted by Crippen LogP contribution is -2.51. The van der Waals surface area contributed by atoms with Gasteiger partial charge in [0, 0.05) is 7.05 Å². The number of amides is 1. The molecule has 17 heavy (non-hydrogen) atoms. The van der Waals surface area contributed by atoms with Crippen molar-refractivity contribution in [1.29, 1.82) is 0 Å². The van der Waals surface area contributed by atoms with Crippen molar-refractivity contribution >= 4 is 23.5 Å². The highest BCUT2D eigenvalue weighted by atomic mass is 35.5. The molecule has 0 unspecified atom stereocenters. The summed E-state index contributed by atoms with van der Waals surface area (Å²) in [6, 6.07) is 0. The van der Waals surface area contributed by atoms with Crippen LogP contribution in [0.15, 0.2) is 12.4 Å². The van der Waals surface area contributed by atoms with E-state index in [0.717, 1.165) is 4.90 Å². The number of likely N-dealkylation sites (N-methyl/N-ethyl adjacent to an activating group) is 1. The molecule has 0 saturated heterocycles. The molecule has 92 valence electrons. The Hall–Kier alpha value is -1.69. The van der Waals surface area contributed by atoms with E-state index in [1.807, 2.05) is 0 Å². The normalized spacial score (nSPS) is 11.1. The van der Waals surface area contributed by atoms with Gasteiger partial charge in [-0.25, -0.2) is 9.78 Å². The molecule has 7 heteroatoms. The Labute approximate surface area is 103 Å². The highest BCUT2D eigenvalue weighted by Crippen LogP contribution is 2.15. The molecule has 6 nitrogen and oxygen atoms in total. The third-order valence-corrected chi connectivity index (χ3v) is 2.67. The zero-order valence-electron chi connectivity index (χ0n) is 9.64. The molecular formula is C10H12ClN3O3. The van der Waals surface area contributed by atoms with Crippen LogP contribution in [0.25, 0.3) is 0 Å². The van der Waals surface area contributed by atoms with Crippen molar-refractivity contribution in [3.8, 4) is 0 Å². The topological polar surface area (TPSA) is 83.4 Å². The van der Waals surface area contributed by atoms with E-state index < -0.39 is 17.4 Å². The van der Waals surface area contributed by atoms with Gasteiger partial charge in [0.05, 0.1) is 12.4 Å². The lowest BCUT2D eigenvalue weighted by Gasteiger charge is -2.31. The molecule has 0 atom stereocenters. The molecule has 0 fully saturated rings. The van der Waals surface area contributed by atoms with Gasteiger partial charge >= 0.3 is 5.97 Å². The lowest BCUT2D eigenvalue weighted by molar-refractivity contribution is -0.147. The van der Waals surface area contributed by atoms with E-state index in [0.29, 0.717) is 0 Å². The summed E-state index contributed by atoms with van der Waals surface area (Å²) in [5.41, 5.74) is -1.32. The van der Waals surface area contributed by atoms with Crippen LogP contribution < -0.4 is 0 Å². The number of rotatable bonds is 3. The zero-order valence-corrected chi connectivity index (χ0v) is 10.4. The highest BCUT2D eigenvalue weighted by Gasteiger charge is 2.36. The van der Waals surface area contributed by atoms with Crippen LogP contribution in [0.1, 0.15) is 24.3 Å². The quantitative estimate of drug-likeness (QED) is 0.876. The van der Waals surface area contributed by atoms with E-state index in [1.165, 1.54) is 33.3 Å². The summed E-state index contributed by atoms with van der Waals surface area (Å²) in [6.07, 6.45) is 2.53. The fourth-order valence-electron chi connectivity index (χ4n) is 1.01. The fraction of sp³-hybridized carbons (Fsp3) is 0.400. The molecule has 0 radical (unpaired) electrons. The molecule has 0 bridgehead atoms. The van der Waals surface area contributed by atoms with Crippen molar-refractivity contribution in [3.05, 3.63) is 23.2 Å². The van der Waals surface area contributed by atoms with Crippen molar-refractivity contribution < 1.29 is 14.7 Å². The molecule has 1 N–H and O–H groups in total. The lowest BCUT2D eigenvalue weighted by atomic mass is 10.0. The van der Waals surface area contributed by atoms with Crippen LogP contribution in [-0.4, -0.2) is 44.4 Å². The average Bonchev–Trinajstić information content (AvgIpc) is 2.26. The van der Waals surface area contributed by atoms with Crippen LogP contribution in [-0.2, 0) is 4.79 Å². The van der Waals surface area contributed by atoms with E-state index in [2.05, 4.69) is 9.97 Å². The molecule has 0 aliphatic carbocycles. The van der Waals surface area contributed by atoms with Gasteiger partial charge < -0.3 is 10.0 Å². The predicted molar refractivity (Wildman–Crippen MR) is 60.9 cm³/mol. The van der Waals surface area contributed by atoms with Crippen LogP contribution in [0.4, 0.5) is 0 Å². The molecule has 1 aromatic rings. The summed E-state index contributed by atoms with van der Waals surface area (Å²) in [7, 11) is 1.39. The number of carboxylic acid groups (broad SMARTS) is 1. The Morgan fingerprint density at radius 2 is 2.00 bits per heavy atom. The first-order valence-electron chi connectivity index (χ1n) is 4.76. The number of carbonyl (C=O) groups excluding carboxylic acids is 1. The second-order valence-electron chi connectivity index (χ2n) is 3.96. The van der Waals surface area contributed by atoms with Crippen LogP contribution >= 0.6 is 11.6 Å². The first-order valence-corrected chi connectivity index (χ1v) is 5.13. The highest BCUT2D eigenvalue weighted by molar-refractivity contribution is 6.29. The number of hydrogen-bond donors (Lipinski definition) is 1. The number of hydrogen-bond acceptors (Lipinski definition) is 4. The third kappa shape index (κ3) is 2.71. The van der Waals surface area contributed by atoms with Crippen LogP contribution in [0, 0.1) is 0 Å². The van der Waals surface area contributed by atoms with Crippen molar-refractivity contribution in [3.63, 3.8) is 0 Å². The molecule has 0 aromatic carbocycles. The van der Waals surface area contributed by atoms with Crippen molar-refractivity contribution in [2.75, 3.05) is 7.05 Å². The summed E-state index contributed by atoms with van der Waals surface area (Å²) in [6.45, 7) is 2.84. The van der Waals surface area contributed by atoms with Gasteiger partial charge in [-0.15, -0.1) is 0 Å². The van der Waals surface area contributed by atoms with E-state index >= 15 is 0 Å². The van der Waals surface area contributed by atoms with Crippen LogP contribution in [0.3, 0.4) is 0 Å². The average molecular weight is 258 g/mol. The Morgan fingerprint density at radius 1 is 1.41 bits per heavy atom. The second kappa shape index (κ2) is 4.67. The van der Waals surface area contributed by atoms with Gasteiger partial charge in [-0.05, 0) is 13.8 Å². The summed E-state index contributed by atoms with van der Waals surface area (Å²) in [5.74, 6) is -1.66. The molecule has 1 aromatic heterocycles. The first kappa shape index (κ1) is 13.4. The van der Waals surface area contributed by atoms with E-state index in [1.54, 1.807) is 0 Å². The first-order chi connectivity index (χ1) is 7.76. The monoisotopic (exact) mass is 257 g/mol. The smallest absolute Gasteiger partial charge is 0.329 e. The number of aliphatic carboxylic acids is 1. The molecule has 0 aliphatic heterocycles. The van der Waals surface area contributed by atoms with Crippen LogP contribution in [0.2, 0.25) is 5.15 Å². The number of aromatic nitrogens is 2. The maximum Gasteiger partial charge on any atom is 0.329 e. The second-order valence-corrected chi connectivity index (χ2v) is 4.34. The van der Waals surface area contributed by atoms with Gasteiger partial charge in [0.1, 0.15) is 16.4 Å². The minimum absolute atomic E-state index is 0.00863.